The molecule has 0 aliphatic heterocycles. The van der Waals surface area contributed by atoms with Crippen LogP contribution in [0, 0.1) is 12.7 Å². The number of carbonyl (C=O) groups excluding carboxylic acids is 1. The number of carbonyl (C=O) groups is 1. The fraction of sp³-hybridized carbons (Fsp3) is 0.111. The molecular weight excluding hydrogens is 379 g/mol. The van der Waals surface area contributed by atoms with Gasteiger partial charge in [-0.25, -0.2) is 9.37 Å². The van der Waals surface area contributed by atoms with E-state index in [0.29, 0.717) is 5.69 Å². The Morgan fingerprint density at radius 1 is 1.28 bits per heavy atom. The van der Waals surface area contributed by atoms with E-state index in [1.807, 2.05) is 36.6 Å². The van der Waals surface area contributed by atoms with Gasteiger partial charge in [-0.05, 0) is 25.1 Å². The number of benzene rings is 2. The zero-order valence-electron chi connectivity index (χ0n) is 13.3. The quantitative estimate of drug-likeness (QED) is 0.571. The van der Waals surface area contributed by atoms with Gasteiger partial charge in [-0.3, -0.25) is 4.79 Å². The Balaban J connectivity index is 1.57. The number of rotatable bonds is 5. The molecule has 0 unspecified atom stereocenters. The molecule has 3 nitrogen and oxygen atoms in total. The van der Waals surface area contributed by atoms with Crippen LogP contribution in [0.25, 0.3) is 11.3 Å². The number of hydrogen-bond donors (Lipinski definition) is 1. The second-order valence-electron chi connectivity index (χ2n) is 5.33. The predicted molar refractivity (Wildman–Crippen MR) is 103 cm³/mol. The highest BCUT2D eigenvalue weighted by Crippen LogP contribution is 2.28. The van der Waals surface area contributed by atoms with E-state index in [2.05, 4.69) is 10.3 Å². The molecule has 3 rings (SSSR count). The maximum absolute atomic E-state index is 13.1. The standard InChI is InChI=1S/C18H14ClFN2OS2/c1-11-2-4-12(5-3-11)16-9-24-18(22-16)25-10-17(23)21-13-6-7-15(20)14(19)8-13/h2-9H,10H2,1H3,(H,21,23). The number of amides is 1. The monoisotopic (exact) mass is 392 g/mol. The predicted octanol–water partition coefficient (Wildman–Crippen LogP) is 5.64. The average Bonchev–Trinajstić information content (AvgIpc) is 3.06. The molecule has 0 saturated heterocycles. The van der Waals surface area contributed by atoms with E-state index in [1.165, 1.54) is 46.9 Å². The van der Waals surface area contributed by atoms with Crippen molar-refractivity contribution in [3.63, 3.8) is 0 Å². The van der Waals surface area contributed by atoms with Crippen molar-refractivity contribution >= 4 is 46.3 Å². The summed E-state index contributed by atoms with van der Waals surface area (Å²) in [7, 11) is 0. The van der Waals surface area contributed by atoms with Gasteiger partial charge in [-0.1, -0.05) is 53.2 Å². The molecule has 0 bridgehead atoms. The number of nitrogens with one attached hydrogen (secondary N) is 1. The molecule has 0 atom stereocenters. The molecule has 0 aliphatic carbocycles. The largest absolute Gasteiger partial charge is 0.325 e. The lowest BCUT2D eigenvalue weighted by atomic mass is 10.1. The summed E-state index contributed by atoms with van der Waals surface area (Å²) in [5.74, 6) is -0.490. The topological polar surface area (TPSA) is 42.0 Å². The lowest BCUT2D eigenvalue weighted by Gasteiger charge is -2.05. The Labute approximate surface area is 158 Å². The van der Waals surface area contributed by atoms with Crippen LogP contribution in [0.5, 0.6) is 0 Å². The Morgan fingerprint density at radius 2 is 2.04 bits per heavy atom. The normalized spacial score (nSPS) is 10.7. The number of anilines is 1. The summed E-state index contributed by atoms with van der Waals surface area (Å²) in [6.45, 7) is 2.04. The molecule has 2 aromatic carbocycles. The summed E-state index contributed by atoms with van der Waals surface area (Å²) in [4.78, 5) is 16.6. The first kappa shape index (κ1) is 17.9. The van der Waals surface area contributed by atoms with Gasteiger partial charge < -0.3 is 5.32 Å². The highest BCUT2D eigenvalue weighted by Gasteiger charge is 2.09. The van der Waals surface area contributed by atoms with Gasteiger partial charge in [0.05, 0.1) is 16.5 Å². The van der Waals surface area contributed by atoms with Crippen molar-refractivity contribution in [1.29, 1.82) is 0 Å². The van der Waals surface area contributed by atoms with Crippen molar-refractivity contribution < 1.29 is 9.18 Å². The summed E-state index contributed by atoms with van der Waals surface area (Å²) >= 11 is 8.57. The number of hydrogen-bond acceptors (Lipinski definition) is 4. The number of nitrogens with zero attached hydrogens (tertiary/aromatic N) is 1. The van der Waals surface area contributed by atoms with Crippen molar-refractivity contribution in [2.24, 2.45) is 0 Å². The molecule has 25 heavy (non-hydrogen) atoms. The third-order valence-corrected chi connectivity index (χ3v) is 5.67. The van der Waals surface area contributed by atoms with Gasteiger partial charge in [-0.15, -0.1) is 11.3 Å². The van der Waals surface area contributed by atoms with E-state index in [-0.39, 0.29) is 16.7 Å². The van der Waals surface area contributed by atoms with Gasteiger partial charge in [-0.2, -0.15) is 0 Å². The zero-order valence-corrected chi connectivity index (χ0v) is 15.6. The van der Waals surface area contributed by atoms with Crippen molar-refractivity contribution in [2.75, 3.05) is 11.1 Å². The molecule has 1 amide bonds. The average molecular weight is 393 g/mol. The first-order chi connectivity index (χ1) is 12.0. The molecule has 128 valence electrons. The molecule has 0 spiro atoms. The summed E-state index contributed by atoms with van der Waals surface area (Å²) in [6, 6.07) is 12.2. The summed E-state index contributed by atoms with van der Waals surface area (Å²) in [5.41, 5.74) is 3.62. The molecule has 0 saturated carbocycles. The fourth-order valence-electron chi connectivity index (χ4n) is 2.08. The Hall–Kier alpha value is -1.89. The summed E-state index contributed by atoms with van der Waals surface area (Å²) in [5, 5.41) is 4.65. The van der Waals surface area contributed by atoms with E-state index in [0.717, 1.165) is 15.6 Å². The van der Waals surface area contributed by atoms with Crippen LogP contribution in [-0.2, 0) is 4.79 Å². The van der Waals surface area contributed by atoms with Crippen molar-refractivity contribution in [3.05, 3.63) is 64.2 Å². The van der Waals surface area contributed by atoms with Gasteiger partial charge in [0.15, 0.2) is 4.34 Å². The minimum atomic E-state index is -0.513. The summed E-state index contributed by atoms with van der Waals surface area (Å²) < 4.78 is 13.9. The van der Waals surface area contributed by atoms with Crippen LogP contribution in [0.2, 0.25) is 5.02 Å². The van der Waals surface area contributed by atoms with Gasteiger partial charge >= 0.3 is 0 Å². The molecule has 0 aliphatic rings. The molecule has 1 aromatic heterocycles. The van der Waals surface area contributed by atoms with Gasteiger partial charge in [0.1, 0.15) is 5.82 Å². The maximum Gasteiger partial charge on any atom is 0.234 e. The minimum Gasteiger partial charge on any atom is -0.325 e. The Morgan fingerprint density at radius 3 is 2.76 bits per heavy atom. The molecule has 7 heteroatoms. The molecule has 3 aromatic rings. The number of thioether (sulfide) groups is 1. The number of aryl methyl sites for hydroxylation is 1. The van der Waals surface area contributed by atoms with E-state index in [4.69, 9.17) is 11.6 Å². The molecule has 0 radical (unpaired) electrons. The van der Waals surface area contributed by atoms with Crippen LogP contribution >= 0.6 is 34.7 Å². The van der Waals surface area contributed by atoms with Gasteiger partial charge in [0.25, 0.3) is 0 Å². The SMILES string of the molecule is Cc1ccc(-c2csc(SCC(=O)Nc3ccc(F)c(Cl)c3)n2)cc1. The highest BCUT2D eigenvalue weighted by molar-refractivity contribution is 8.01. The van der Waals surface area contributed by atoms with E-state index < -0.39 is 5.82 Å². The van der Waals surface area contributed by atoms with Crippen LogP contribution < -0.4 is 5.32 Å². The zero-order chi connectivity index (χ0) is 17.8. The number of thiazole rings is 1. The first-order valence-electron chi connectivity index (χ1n) is 7.41. The van der Waals surface area contributed by atoms with Crippen molar-refractivity contribution in [1.82, 2.24) is 4.98 Å². The molecule has 0 fully saturated rings. The number of halogens is 2. The van der Waals surface area contributed by atoms with Crippen molar-refractivity contribution in [2.45, 2.75) is 11.3 Å². The van der Waals surface area contributed by atoms with Crippen LogP contribution in [0.3, 0.4) is 0 Å². The smallest absolute Gasteiger partial charge is 0.234 e. The first-order valence-corrected chi connectivity index (χ1v) is 9.66. The molecular formula is C18H14ClFN2OS2. The van der Waals surface area contributed by atoms with Crippen molar-refractivity contribution in [3.8, 4) is 11.3 Å². The van der Waals surface area contributed by atoms with E-state index in [1.54, 1.807) is 0 Å². The summed E-state index contributed by atoms with van der Waals surface area (Å²) in [6.07, 6.45) is 0. The third kappa shape index (κ3) is 4.81. The minimum absolute atomic E-state index is 0.0203. The van der Waals surface area contributed by atoms with E-state index in [9.17, 15) is 9.18 Å². The van der Waals surface area contributed by atoms with Gasteiger partial charge in [0, 0.05) is 16.6 Å². The van der Waals surface area contributed by atoms with Crippen LogP contribution in [0.15, 0.2) is 52.2 Å². The van der Waals surface area contributed by atoms with Crippen LogP contribution in [0.1, 0.15) is 5.56 Å². The Bertz CT molecular complexity index is 896. The fourth-order valence-corrected chi connectivity index (χ4v) is 3.89. The van der Waals surface area contributed by atoms with Crippen LogP contribution in [-0.4, -0.2) is 16.6 Å². The Kier molecular flexibility index (Phi) is 5.73. The lowest BCUT2D eigenvalue weighted by Crippen LogP contribution is -2.13. The second-order valence-corrected chi connectivity index (χ2v) is 7.82. The van der Waals surface area contributed by atoms with Gasteiger partial charge in [0.2, 0.25) is 5.91 Å². The van der Waals surface area contributed by atoms with E-state index >= 15 is 0 Å². The third-order valence-electron chi connectivity index (χ3n) is 3.36. The highest BCUT2D eigenvalue weighted by atomic mass is 35.5. The lowest BCUT2D eigenvalue weighted by molar-refractivity contribution is -0.113. The number of aromatic nitrogens is 1. The maximum atomic E-state index is 13.1. The molecule has 1 N–H and O–H groups in total. The van der Waals surface area contributed by atoms with Crippen LogP contribution in [0.4, 0.5) is 10.1 Å². The second kappa shape index (κ2) is 7.99. The molecule has 1 heterocycles.